The maximum absolute atomic E-state index is 13.0. The number of nitrogens with one attached hydrogen (secondary N) is 1. The number of amides is 1. The summed E-state index contributed by atoms with van der Waals surface area (Å²) in [5.74, 6) is -0.753. The Morgan fingerprint density at radius 3 is 2.63 bits per heavy atom. The summed E-state index contributed by atoms with van der Waals surface area (Å²) >= 11 is 7.78. The van der Waals surface area contributed by atoms with Crippen LogP contribution in [0.1, 0.15) is 15.9 Å². The standard InChI is InChI=1S/C14H10ClFINO/c1-8-2-4-10(13(17)6-8)14(19)18-9-3-5-12(16)11(15)7-9/h2-7H,1H3,(H,18,19). The maximum Gasteiger partial charge on any atom is 0.256 e. The van der Waals surface area contributed by atoms with E-state index in [1.165, 1.54) is 18.2 Å². The number of carbonyl (C=O) groups excluding carboxylic acids is 1. The van der Waals surface area contributed by atoms with Gasteiger partial charge in [0.15, 0.2) is 0 Å². The fourth-order valence-electron chi connectivity index (χ4n) is 1.58. The normalized spacial score (nSPS) is 10.3. The minimum Gasteiger partial charge on any atom is -0.322 e. The van der Waals surface area contributed by atoms with E-state index >= 15 is 0 Å². The summed E-state index contributed by atoms with van der Waals surface area (Å²) in [5.41, 5.74) is 2.13. The van der Waals surface area contributed by atoms with Crippen LogP contribution in [0.5, 0.6) is 0 Å². The lowest BCUT2D eigenvalue weighted by Gasteiger charge is -2.08. The van der Waals surface area contributed by atoms with Gasteiger partial charge in [-0.2, -0.15) is 0 Å². The van der Waals surface area contributed by atoms with Crippen LogP contribution in [0.2, 0.25) is 5.02 Å². The van der Waals surface area contributed by atoms with Crippen molar-refractivity contribution >= 4 is 45.8 Å². The molecule has 0 aliphatic rings. The highest BCUT2D eigenvalue weighted by atomic mass is 127. The third-order valence-electron chi connectivity index (χ3n) is 2.55. The molecule has 0 aliphatic heterocycles. The molecular weight excluding hydrogens is 380 g/mol. The molecule has 5 heteroatoms. The van der Waals surface area contributed by atoms with Crippen molar-refractivity contribution in [1.82, 2.24) is 0 Å². The molecule has 98 valence electrons. The zero-order valence-corrected chi connectivity index (χ0v) is 12.9. The third-order valence-corrected chi connectivity index (χ3v) is 3.73. The molecule has 2 rings (SSSR count). The first kappa shape index (κ1) is 14.3. The number of hydrogen-bond acceptors (Lipinski definition) is 1. The summed E-state index contributed by atoms with van der Waals surface area (Å²) in [5, 5.41) is 2.67. The minimum absolute atomic E-state index is 0.0172. The van der Waals surface area contributed by atoms with Crippen molar-refractivity contribution in [3.63, 3.8) is 0 Å². The number of rotatable bonds is 2. The van der Waals surface area contributed by atoms with Crippen LogP contribution in [0.3, 0.4) is 0 Å². The Labute approximate surface area is 129 Å². The second-order valence-corrected chi connectivity index (χ2v) is 5.64. The summed E-state index contributed by atoms with van der Waals surface area (Å²) in [7, 11) is 0. The maximum atomic E-state index is 13.0. The molecule has 0 bridgehead atoms. The van der Waals surface area contributed by atoms with E-state index in [-0.39, 0.29) is 10.9 Å². The fourth-order valence-corrected chi connectivity index (χ4v) is 2.67. The van der Waals surface area contributed by atoms with E-state index in [1.807, 2.05) is 19.1 Å². The van der Waals surface area contributed by atoms with Gasteiger partial charge in [-0.05, 0) is 59.8 Å². The van der Waals surface area contributed by atoms with Crippen LogP contribution in [0.15, 0.2) is 36.4 Å². The molecule has 1 N–H and O–H groups in total. The topological polar surface area (TPSA) is 29.1 Å². The van der Waals surface area contributed by atoms with Crippen molar-refractivity contribution in [2.75, 3.05) is 5.32 Å². The van der Waals surface area contributed by atoms with Crippen LogP contribution < -0.4 is 5.32 Å². The first-order valence-corrected chi connectivity index (χ1v) is 6.95. The fraction of sp³-hybridized carbons (Fsp3) is 0.0714. The van der Waals surface area contributed by atoms with Gasteiger partial charge in [-0.1, -0.05) is 23.2 Å². The Hall–Kier alpha value is -1.14. The van der Waals surface area contributed by atoms with Crippen molar-refractivity contribution in [3.8, 4) is 0 Å². The lowest BCUT2D eigenvalue weighted by Crippen LogP contribution is -2.13. The van der Waals surface area contributed by atoms with Crippen LogP contribution >= 0.6 is 34.2 Å². The van der Waals surface area contributed by atoms with Gasteiger partial charge < -0.3 is 5.32 Å². The first-order valence-electron chi connectivity index (χ1n) is 5.50. The second-order valence-electron chi connectivity index (χ2n) is 4.07. The molecule has 0 atom stereocenters. The molecule has 0 saturated heterocycles. The number of benzene rings is 2. The van der Waals surface area contributed by atoms with Gasteiger partial charge in [0.2, 0.25) is 0 Å². The molecule has 0 radical (unpaired) electrons. The zero-order chi connectivity index (χ0) is 14.0. The van der Waals surface area contributed by atoms with Crippen molar-refractivity contribution in [2.24, 2.45) is 0 Å². The second kappa shape index (κ2) is 5.88. The number of hydrogen-bond donors (Lipinski definition) is 1. The summed E-state index contributed by atoms with van der Waals surface area (Å²) in [6.07, 6.45) is 0. The summed E-state index contributed by atoms with van der Waals surface area (Å²) in [6, 6.07) is 9.63. The van der Waals surface area contributed by atoms with Gasteiger partial charge in [-0.3, -0.25) is 4.79 Å². The zero-order valence-electron chi connectivity index (χ0n) is 10.0. The van der Waals surface area contributed by atoms with Gasteiger partial charge in [0.1, 0.15) is 5.82 Å². The highest BCUT2D eigenvalue weighted by Crippen LogP contribution is 2.21. The summed E-state index contributed by atoms with van der Waals surface area (Å²) in [4.78, 5) is 12.1. The average molecular weight is 390 g/mol. The van der Waals surface area contributed by atoms with Gasteiger partial charge in [-0.25, -0.2) is 4.39 Å². The van der Waals surface area contributed by atoms with Crippen LogP contribution in [0, 0.1) is 16.3 Å². The molecule has 0 spiro atoms. The van der Waals surface area contributed by atoms with E-state index < -0.39 is 5.82 Å². The highest BCUT2D eigenvalue weighted by molar-refractivity contribution is 14.1. The highest BCUT2D eigenvalue weighted by Gasteiger charge is 2.11. The Morgan fingerprint density at radius 1 is 1.26 bits per heavy atom. The Balaban J connectivity index is 2.23. The van der Waals surface area contributed by atoms with E-state index in [4.69, 9.17) is 11.6 Å². The molecule has 0 fully saturated rings. The number of halogens is 3. The van der Waals surface area contributed by atoms with Crippen LogP contribution in [0.4, 0.5) is 10.1 Å². The Bertz CT molecular complexity index is 645. The number of aryl methyl sites for hydroxylation is 1. The molecule has 0 unspecified atom stereocenters. The Morgan fingerprint density at radius 2 is 2.00 bits per heavy atom. The Kier molecular flexibility index (Phi) is 4.42. The predicted octanol–water partition coefficient (Wildman–Crippen LogP) is 4.64. The monoisotopic (exact) mass is 389 g/mol. The molecule has 19 heavy (non-hydrogen) atoms. The van der Waals surface area contributed by atoms with E-state index in [1.54, 1.807) is 6.07 Å². The third kappa shape index (κ3) is 3.45. The summed E-state index contributed by atoms with van der Waals surface area (Å²) < 4.78 is 13.9. The molecule has 2 nitrogen and oxygen atoms in total. The van der Waals surface area contributed by atoms with E-state index in [9.17, 15) is 9.18 Å². The van der Waals surface area contributed by atoms with Gasteiger partial charge in [0.05, 0.1) is 10.6 Å². The van der Waals surface area contributed by atoms with Gasteiger partial charge in [0.25, 0.3) is 5.91 Å². The van der Waals surface area contributed by atoms with E-state index in [2.05, 4.69) is 27.9 Å². The van der Waals surface area contributed by atoms with Crippen LogP contribution in [0.25, 0.3) is 0 Å². The summed E-state index contributed by atoms with van der Waals surface area (Å²) in [6.45, 7) is 1.96. The molecule has 0 aromatic heterocycles. The van der Waals surface area contributed by atoms with E-state index in [0.717, 1.165) is 9.13 Å². The van der Waals surface area contributed by atoms with Crippen LogP contribution in [-0.4, -0.2) is 5.91 Å². The quantitative estimate of drug-likeness (QED) is 0.745. The molecular formula is C14H10ClFINO. The van der Waals surface area contributed by atoms with Crippen molar-refractivity contribution < 1.29 is 9.18 Å². The van der Waals surface area contributed by atoms with Gasteiger partial charge in [0, 0.05) is 9.26 Å². The van der Waals surface area contributed by atoms with E-state index in [0.29, 0.717) is 11.3 Å². The minimum atomic E-state index is -0.510. The van der Waals surface area contributed by atoms with Crippen molar-refractivity contribution in [2.45, 2.75) is 6.92 Å². The molecule has 0 heterocycles. The van der Waals surface area contributed by atoms with Crippen molar-refractivity contribution in [1.29, 1.82) is 0 Å². The SMILES string of the molecule is Cc1ccc(C(=O)Nc2ccc(F)c(Cl)c2)c(I)c1. The largest absolute Gasteiger partial charge is 0.322 e. The lowest BCUT2D eigenvalue weighted by atomic mass is 10.1. The van der Waals surface area contributed by atoms with Crippen molar-refractivity contribution in [3.05, 3.63) is 61.9 Å². The smallest absolute Gasteiger partial charge is 0.256 e. The molecule has 2 aromatic carbocycles. The molecule has 1 amide bonds. The average Bonchev–Trinajstić information content (AvgIpc) is 2.33. The first-order chi connectivity index (χ1) is 8.97. The number of anilines is 1. The predicted molar refractivity (Wildman–Crippen MR) is 83.3 cm³/mol. The van der Waals surface area contributed by atoms with Crippen LogP contribution in [-0.2, 0) is 0 Å². The molecule has 0 saturated carbocycles. The van der Waals surface area contributed by atoms with Gasteiger partial charge in [-0.15, -0.1) is 0 Å². The lowest BCUT2D eigenvalue weighted by molar-refractivity contribution is 0.102. The van der Waals surface area contributed by atoms with Gasteiger partial charge >= 0.3 is 0 Å². The number of carbonyl (C=O) groups is 1. The molecule has 0 aliphatic carbocycles. The molecule has 2 aromatic rings.